The molecule has 0 saturated carbocycles. The van der Waals surface area contributed by atoms with Gasteiger partial charge in [-0.3, -0.25) is 0 Å². The number of aryl methyl sites for hydroxylation is 2. The van der Waals surface area contributed by atoms with E-state index < -0.39 is 0 Å². The molecule has 0 aliphatic rings. The minimum absolute atomic E-state index is 0.335. The molecule has 0 fully saturated rings. The first-order chi connectivity index (χ1) is 15.3. The molecule has 32 heavy (non-hydrogen) atoms. The lowest BCUT2D eigenvalue weighted by Gasteiger charge is -2.20. The van der Waals surface area contributed by atoms with E-state index in [2.05, 4.69) is 109 Å². The van der Waals surface area contributed by atoms with Crippen molar-refractivity contribution in [3.63, 3.8) is 0 Å². The highest BCUT2D eigenvalue weighted by Gasteiger charge is 2.16. The fourth-order valence-electron chi connectivity index (χ4n) is 3.62. The van der Waals surface area contributed by atoms with Crippen LogP contribution in [0.1, 0.15) is 23.6 Å². The molecule has 0 spiro atoms. The number of rotatable bonds is 7. The molecule has 5 heteroatoms. The molecule has 1 aromatic heterocycles. The van der Waals surface area contributed by atoms with E-state index in [9.17, 15) is 0 Å². The second-order valence-electron chi connectivity index (χ2n) is 8.69. The molecule has 4 aromatic rings. The maximum Gasteiger partial charge on any atom is 0.141 e. The van der Waals surface area contributed by atoms with Gasteiger partial charge in [0.05, 0.1) is 17.6 Å². The number of ether oxygens (including phenoxy) is 1. The van der Waals surface area contributed by atoms with Crippen LogP contribution in [0.4, 0.5) is 0 Å². The van der Waals surface area contributed by atoms with Crippen LogP contribution in [0.15, 0.2) is 65.1 Å². The van der Waals surface area contributed by atoms with Gasteiger partial charge in [-0.15, -0.1) is 0 Å². The van der Waals surface area contributed by atoms with E-state index in [1.165, 1.54) is 16.7 Å². The first kappa shape index (κ1) is 22.6. The van der Waals surface area contributed by atoms with Crippen molar-refractivity contribution in [3.8, 4) is 17.1 Å². The molecule has 166 valence electrons. The van der Waals surface area contributed by atoms with Gasteiger partial charge < -0.3 is 14.2 Å². The Labute approximate surface area is 199 Å². The highest BCUT2D eigenvalue weighted by Crippen LogP contribution is 2.31. The molecule has 0 N–H and O–H groups in total. The molecule has 1 atom stereocenters. The maximum atomic E-state index is 6.12. The predicted molar refractivity (Wildman–Crippen MR) is 137 cm³/mol. The highest BCUT2D eigenvalue weighted by atomic mass is 79.9. The largest absolute Gasteiger partial charge is 0.492 e. The average Bonchev–Trinajstić information content (AvgIpc) is 3.13. The van der Waals surface area contributed by atoms with Crippen molar-refractivity contribution in [2.24, 2.45) is 0 Å². The fourth-order valence-corrected chi connectivity index (χ4v) is 4.03. The van der Waals surface area contributed by atoms with Crippen molar-refractivity contribution in [2.75, 3.05) is 20.7 Å². The number of halogens is 1. The van der Waals surface area contributed by atoms with E-state index in [4.69, 9.17) is 9.72 Å². The zero-order chi connectivity index (χ0) is 22.8. The molecular formula is C27H30BrN3O. The number of hydrogen-bond donors (Lipinski definition) is 0. The summed E-state index contributed by atoms with van der Waals surface area (Å²) in [4.78, 5) is 7.19. The van der Waals surface area contributed by atoms with Gasteiger partial charge in [-0.05, 0) is 75.8 Å². The zero-order valence-corrected chi connectivity index (χ0v) is 21.0. The van der Waals surface area contributed by atoms with E-state index in [1.807, 2.05) is 12.1 Å². The lowest BCUT2D eigenvalue weighted by Crippen LogP contribution is -2.30. The normalized spacial score (nSPS) is 12.5. The average molecular weight is 492 g/mol. The summed E-state index contributed by atoms with van der Waals surface area (Å²) in [6.45, 7) is 7.81. The zero-order valence-electron chi connectivity index (χ0n) is 19.4. The third-order valence-electron chi connectivity index (χ3n) is 6.14. The monoisotopic (exact) mass is 491 g/mol. The van der Waals surface area contributed by atoms with Crippen molar-refractivity contribution in [1.29, 1.82) is 0 Å². The molecule has 0 aliphatic heterocycles. The smallest absolute Gasteiger partial charge is 0.141 e. The van der Waals surface area contributed by atoms with Crippen LogP contribution in [0.5, 0.6) is 5.75 Å². The number of benzene rings is 3. The van der Waals surface area contributed by atoms with Crippen molar-refractivity contribution < 1.29 is 4.74 Å². The molecule has 0 bridgehead atoms. The van der Waals surface area contributed by atoms with E-state index in [-0.39, 0.29) is 0 Å². The van der Waals surface area contributed by atoms with Crippen LogP contribution in [-0.4, -0.2) is 41.2 Å². The summed E-state index contributed by atoms with van der Waals surface area (Å²) in [5, 5.41) is 0. The molecule has 4 nitrogen and oxygen atoms in total. The minimum Gasteiger partial charge on any atom is -0.492 e. The SMILES string of the molecule is Cc1ccc(-c2nc3ccc(OCC(C)N(C)C)cc3n2Cc2ccccc2Br)cc1C. The quantitative estimate of drug-likeness (QED) is 0.297. The van der Waals surface area contributed by atoms with Gasteiger partial charge in [0.1, 0.15) is 18.2 Å². The fraction of sp³-hybridized carbons (Fsp3) is 0.296. The molecule has 0 saturated heterocycles. The maximum absolute atomic E-state index is 6.12. The van der Waals surface area contributed by atoms with E-state index in [0.29, 0.717) is 12.6 Å². The van der Waals surface area contributed by atoms with Crippen LogP contribution in [0.25, 0.3) is 22.4 Å². The molecule has 3 aromatic carbocycles. The molecule has 0 radical (unpaired) electrons. The Bertz CT molecular complexity index is 1250. The topological polar surface area (TPSA) is 30.3 Å². The number of fused-ring (bicyclic) bond motifs is 1. The number of nitrogens with zero attached hydrogens (tertiary/aromatic N) is 3. The highest BCUT2D eigenvalue weighted by molar-refractivity contribution is 9.10. The Morgan fingerprint density at radius 1 is 1.00 bits per heavy atom. The molecule has 1 unspecified atom stereocenters. The van der Waals surface area contributed by atoms with Gasteiger partial charge >= 0.3 is 0 Å². The van der Waals surface area contributed by atoms with Gasteiger partial charge in [-0.2, -0.15) is 0 Å². The van der Waals surface area contributed by atoms with Crippen molar-refractivity contribution >= 4 is 27.0 Å². The van der Waals surface area contributed by atoms with Crippen LogP contribution < -0.4 is 4.74 Å². The van der Waals surface area contributed by atoms with Gasteiger partial charge in [0.25, 0.3) is 0 Å². The summed E-state index contributed by atoms with van der Waals surface area (Å²) < 4.78 is 9.51. The molecular weight excluding hydrogens is 462 g/mol. The van der Waals surface area contributed by atoms with Gasteiger partial charge in [-0.1, -0.05) is 46.3 Å². The van der Waals surface area contributed by atoms with Crippen LogP contribution in [0, 0.1) is 13.8 Å². The third-order valence-corrected chi connectivity index (χ3v) is 6.92. The molecule has 0 aliphatic carbocycles. The van der Waals surface area contributed by atoms with Crippen LogP contribution in [0.3, 0.4) is 0 Å². The lowest BCUT2D eigenvalue weighted by molar-refractivity contribution is 0.198. The minimum atomic E-state index is 0.335. The van der Waals surface area contributed by atoms with Crippen LogP contribution in [0.2, 0.25) is 0 Å². The molecule has 4 rings (SSSR count). The van der Waals surface area contributed by atoms with Crippen LogP contribution >= 0.6 is 15.9 Å². The number of likely N-dealkylation sites (N-methyl/N-ethyl adjacent to an activating group) is 1. The second kappa shape index (κ2) is 9.47. The van der Waals surface area contributed by atoms with E-state index >= 15 is 0 Å². The first-order valence-corrected chi connectivity index (χ1v) is 11.7. The Balaban J connectivity index is 1.81. The Morgan fingerprint density at radius 2 is 1.78 bits per heavy atom. The Morgan fingerprint density at radius 3 is 2.50 bits per heavy atom. The van der Waals surface area contributed by atoms with E-state index in [1.54, 1.807) is 0 Å². The number of aromatic nitrogens is 2. The summed E-state index contributed by atoms with van der Waals surface area (Å²) in [6.07, 6.45) is 0. The summed E-state index contributed by atoms with van der Waals surface area (Å²) in [5.41, 5.74) is 6.93. The van der Waals surface area contributed by atoms with Crippen molar-refractivity contribution in [1.82, 2.24) is 14.5 Å². The van der Waals surface area contributed by atoms with E-state index in [0.717, 1.165) is 39.2 Å². The standard InChI is InChI=1S/C27H30BrN3O/c1-18-10-11-21(14-19(18)2)27-29-25-13-12-23(32-17-20(3)30(4)5)15-26(25)31(27)16-22-8-6-7-9-24(22)28/h6-15,20H,16-17H2,1-5H3. The molecule has 0 amide bonds. The summed E-state index contributed by atoms with van der Waals surface area (Å²) >= 11 is 3.71. The van der Waals surface area contributed by atoms with Gasteiger partial charge in [0.2, 0.25) is 0 Å². The first-order valence-electron chi connectivity index (χ1n) is 10.9. The second-order valence-corrected chi connectivity index (χ2v) is 9.54. The summed E-state index contributed by atoms with van der Waals surface area (Å²) in [5.74, 6) is 1.84. The lowest BCUT2D eigenvalue weighted by atomic mass is 10.1. The third kappa shape index (κ3) is 4.74. The predicted octanol–water partition coefficient (Wildman–Crippen LogP) is 6.46. The van der Waals surface area contributed by atoms with Gasteiger partial charge in [0.15, 0.2) is 0 Å². The number of imidazole rings is 1. The van der Waals surface area contributed by atoms with Crippen molar-refractivity contribution in [2.45, 2.75) is 33.4 Å². The van der Waals surface area contributed by atoms with Crippen molar-refractivity contribution in [3.05, 3.63) is 81.8 Å². The van der Waals surface area contributed by atoms with Gasteiger partial charge in [-0.25, -0.2) is 4.98 Å². The molecule has 1 heterocycles. The van der Waals surface area contributed by atoms with Gasteiger partial charge in [0, 0.05) is 22.1 Å². The Hall–Kier alpha value is -2.63. The summed E-state index contributed by atoms with van der Waals surface area (Å²) in [6, 6.07) is 21.4. The van der Waals surface area contributed by atoms with Crippen LogP contribution in [-0.2, 0) is 6.54 Å². The summed E-state index contributed by atoms with van der Waals surface area (Å²) in [7, 11) is 4.14. The Kier molecular flexibility index (Phi) is 6.68. The number of hydrogen-bond acceptors (Lipinski definition) is 3.